The van der Waals surface area contributed by atoms with E-state index in [1.807, 2.05) is 11.9 Å². The van der Waals surface area contributed by atoms with Gasteiger partial charge in [-0.15, -0.1) is 0 Å². The van der Waals surface area contributed by atoms with Gasteiger partial charge in [-0.3, -0.25) is 4.79 Å². The summed E-state index contributed by atoms with van der Waals surface area (Å²) in [7, 11) is 1.95. The zero-order chi connectivity index (χ0) is 9.47. The molecule has 74 valence electrons. The Morgan fingerprint density at radius 2 is 2.38 bits per heavy atom. The van der Waals surface area contributed by atoms with Crippen molar-refractivity contribution in [3.05, 3.63) is 0 Å². The van der Waals surface area contributed by atoms with Gasteiger partial charge < -0.3 is 10.2 Å². The van der Waals surface area contributed by atoms with E-state index < -0.39 is 0 Å². The van der Waals surface area contributed by atoms with Crippen LogP contribution in [0.1, 0.15) is 26.2 Å². The number of carbonyl (C=O) groups excluding carboxylic acids is 1. The first kappa shape index (κ1) is 9.00. The number of amides is 1. The highest BCUT2D eigenvalue weighted by Crippen LogP contribution is 2.38. The van der Waals surface area contributed by atoms with Gasteiger partial charge in [-0.25, -0.2) is 0 Å². The SMILES string of the molecule is CN1C(=O)CCC2(C)CNCCC12. The van der Waals surface area contributed by atoms with Gasteiger partial charge in [0.15, 0.2) is 0 Å². The monoisotopic (exact) mass is 182 g/mol. The van der Waals surface area contributed by atoms with Crippen LogP contribution in [0, 0.1) is 5.41 Å². The molecule has 0 aromatic rings. The number of carbonyl (C=O) groups is 1. The molecule has 2 heterocycles. The van der Waals surface area contributed by atoms with Crippen molar-refractivity contribution < 1.29 is 4.79 Å². The predicted molar refractivity (Wildman–Crippen MR) is 51.4 cm³/mol. The predicted octanol–water partition coefficient (Wildman–Crippen LogP) is 0.607. The van der Waals surface area contributed by atoms with Gasteiger partial charge in [-0.1, -0.05) is 6.92 Å². The van der Waals surface area contributed by atoms with E-state index in [-0.39, 0.29) is 0 Å². The molecule has 0 aromatic carbocycles. The number of hydrogen-bond donors (Lipinski definition) is 1. The second-order valence-electron chi connectivity index (χ2n) is 4.64. The highest BCUT2D eigenvalue weighted by Gasteiger charge is 2.43. The maximum atomic E-state index is 11.5. The van der Waals surface area contributed by atoms with Crippen LogP contribution >= 0.6 is 0 Å². The van der Waals surface area contributed by atoms with Crippen LogP contribution < -0.4 is 5.32 Å². The molecule has 0 aliphatic carbocycles. The molecule has 0 spiro atoms. The Kier molecular flexibility index (Phi) is 2.06. The third-order valence-electron chi connectivity index (χ3n) is 3.70. The Balaban J connectivity index is 2.19. The molecule has 2 unspecified atom stereocenters. The molecule has 3 nitrogen and oxygen atoms in total. The molecule has 3 heteroatoms. The fourth-order valence-electron chi connectivity index (χ4n) is 2.74. The van der Waals surface area contributed by atoms with E-state index in [0.29, 0.717) is 17.4 Å². The standard InChI is InChI=1S/C10H18N2O/c1-10-5-3-9(13)12(2)8(10)4-6-11-7-10/h8,11H,3-7H2,1-2H3. The van der Waals surface area contributed by atoms with Gasteiger partial charge in [0.1, 0.15) is 0 Å². The van der Waals surface area contributed by atoms with E-state index in [4.69, 9.17) is 0 Å². The largest absolute Gasteiger partial charge is 0.342 e. The minimum absolute atomic E-state index is 0.320. The van der Waals surface area contributed by atoms with Gasteiger partial charge >= 0.3 is 0 Å². The summed E-state index contributed by atoms with van der Waals surface area (Å²) in [4.78, 5) is 13.5. The average molecular weight is 182 g/mol. The van der Waals surface area contributed by atoms with Crippen molar-refractivity contribution in [2.45, 2.75) is 32.2 Å². The Morgan fingerprint density at radius 3 is 3.15 bits per heavy atom. The van der Waals surface area contributed by atoms with Crippen LogP contribution in [0.5, 0.6) is 0 Å². The summed E-state index contributed by atoms with van der Waals surface area (Å²) in [6.07, 6.45) is 2.89. The average Bonchev–Trinajstić information content (AvgIpc) is 2.12. The number of fused-ring (bicyclic) bond motifs is 1. The Morgan fingerprint density at radius 1 is 1.62 bits per heavy atom. The lowest BCUT2D eigenvalue weighted by Crippen LogP contribution is -2.59. The number of hydrogen-bond acceptors (Lipinski definition) is 2. The van der Waals surface area contributed by atoms with Crippen LogP contribution in [0.4, 0.5) is 0 Å². The molecule has 2 atom stereocenters. The van der Waals surface area contributed by atoms with Gasteiger partial charge in [-0.05, 0) is 19.4 Å². The maximum absolute atomic E-state index is 11.5. The van der Waals surface area contributed by atoms with Crippen molar-refractivity contribution >= 4 is 5.91 Å². The highest BCUT2D eigenvalue weighted by atomic mass is 16.2. The molecule has 2 aliphatic rings. The molecule has 1 amide bonds. The van der Waals surface area contributed by atoms with Gasteiger partial charge in [-0.2, -0.15) is 0 Å². The first-order chi connectivity index (χ1) is 6.13. The summed E-state index contributed by atoms with van der Waals surface area (Å²) in [6, 6.07) is 0.468. The van der Waals surface area contributed by atoms with Crippen LogP contribution in [0.3, 0.4) is 0 Å². The third kappa shape index (κ3) is 1.35. The number of likely N-dealkylation sites (tertiary alicyclic amines) is 1. The second kappa shape index (κ2) is 2.98. The molecular formula is C10H18N2O. The second-order valence-corrected chi connectivity index (χ2v) is 4.64. The van der Waals surface area contributed by atoms with Gasteiger partial charge in [0.2, 0.25) is 5.91 Å². The first-order valence-electron chi connectivity index (χ1n) is 5.10. The van der Waals surface area contributed by atoms with E-state index in [0.717, 1.165) is 32.4 Å². The lowest BCUT2D eigenvalue weighted by molar-refractivity contribution is -0.141. The fourth-order valence-corrected chi connectivity index (χ4v) is 2.74. The van der Waals surface area contributed by atoms with E-state index in [1.165, 1.54) is 0 Å². The molecule has 0 saturated carbocycles. The number of piperidine rings is 2. The van der Waals surface area contributed by atoms with E-state index >= 15 is 0 Å². The summed E-state index contributed by atoms with van der Waals surface area (Å²) in [5.74, 6) is 0.323. The Labute approximate surface area is 79.5 Å². The molecule has 0 radical (unpaired) electrons. The highest BCUT2D eigenvalue weighted by molar-refractivity contribution is 5.77. The lowest BCUT2D eigenvalue weighted by atomic mass is 9.71. The fraction of sp³-hybridized carbons (Fsp3) is 0.900. The van der Waals surface area contributed by atoms with Crippen LogP contribution in [0.15, 0.2) is 0 Å². The van der Waals surface area contributed by atoms with Crippen LogP contribution in [0.2, 0.25) is 0 Å². The molecule has 2 rings (SSSR count). The van der Waals surface area contributed by atoms with Crippen molar-refractivity contribution in [3.63, 3.8) is 0 Å². The van der Waals surface area contributed by atoms with Gasteiger partial charge in [0, 0.05) is 31.5 Å². The van der Waals surface area contributed by atoms with E-state index in [9.17, 15) is 4.79 Å². The van der Waals surface area contributed by atoms with Crippen molar-refractivity contribution in [2.24, 2.45) is 5.41 Å². The molecule has 2 aliphatic heterocycles. The molecule has 1 N–H and O–H groups in total. The number of rotatable bonds is 0. The Hall–Kier alpha value is -0.570. The topological polar surface area (TPSA) is 32.3 Å². The Bertz CT molecular complexity index is 229. The van der Waals surface area contributed by atoms with Crippen molar-refractivity contribution in [1.29, 1.82) is 0 Å². The van der Waals surface area contributed by atoms with E-state index in [2.05, 4.69) is 12.2 Å². The van der Waals surface area contributed by atoms with Crippen molar-refractivity contribution in [1.82, 2.24) is 10.2 Å². The van der Waals surface area contributed by atoms with E-state index in [1.54, 1.807) is 0 Å². The molecular weight excluding hydrogens is 164 g/mol. The van der Waals surface area contributed by atoms with Crippen molar-refractivity contribution in [3.8, 4) is 0 Å². The van der Waals surface area contributed by atoms with Gasteiger partial charge in [0.05, 0.1) is 0 Å². The summed E-state index contributed by atoms with van der Waals surface area (Å²) < 4.78 is 0. The maximum Gasteiger partial charge on any atom is 0.222 e. The molecule has 0 aromatic heterocycles. The van der Waals surface area contributed by atoms with Crippen molar-refractivity contribution in [2.75, 3.05) is 20.1 Å². The summed E-state index contributed by atoms with van der Waals surface area (Å²) >= 11 is 0. The molecule has 2 saturated heterocycles. The molecule has 13 heavy (non-hydrogen) atoms. The first-order valence-corrected chi connectivity index (χ1v) is 5.10. The number of nitrogens with zero attached hydrogens (tertiary/aromatic N) is 1. The third-order valence-corrected chi connectivity index (χ3v) is 3.70. The molecule has 0 bridgehead atoms. The minimum Gasteiger partial charge on any atom is -0.342 e. The zero-order valence-electron chi connectivity index (χ0n) is 8.47. The smallest absolute Gasteiger partial charge is 0.222 e. The number of nitrogens with one attached hydrogen (secondary N) is 1. The summed E-state index contributed by atoms with van der Waals surface area (Å²) in [5, 5.41) is 3.42. The molecule has 2 fully saturated rings. The summed E-state index contributed by atoms with van der Waals surface area (Å²) in [5.41, 5.74) is 0.320. The minimum atomic E-state index is 0.320. The van der Waals surface area contributed by atoms with Crippen LogP contribution in [-0.4, -0.2) is 37.0 Å². The van der Waals surface area contributed by atoms with Crippen LogP contribution in [0.25, 0.3) is 0 Å². The quantitative estimate of drug-likeness (QED) is 0.595. The zero-order valence-corrected chi connectivity index (χ0v) is 8.47. The summed E-state index contributed by atoms with van der Waals surface area (Å²) in [6.45, 7) is 4.42. The van der Waals surface area contributed by atoms with Gasteiger partial charge in [0.25, 0.3) is 0 Å². The normalized spacial score (nSPS) is 40.3. The lowest BCUT2D eigenvalue weighted by Gasteiger charge is -2.49. The van der Waals surface area contributed by atoms with Crippen LogP contribution in [-0.2, 0) is 4.79 Å².